The first-order chi connectivity index (χ1) is 41.4. The molecule has 0 spiro atoms. The molecule has 0 saturated carbocycles. The second-order valence-corrected chi connectivity index (χ2v) is 15.1. The molecular weight excluding hydrogens is 1060 g/mol. The largest absolute Gasteiger partial charge is 0.404 e. The predicted octanol–water partition coefficient (Wildman–Crippen LogP) is 12.8. The molecule has 1 aliphatic heterocycles. The minimum Gasteiger partial charge on any atom is -0.268 e. The highest BCUT2D eigenvalue weighted by Gasteiger charge is 2.20. The Morgan fingerprint density at radius 1 is 0.365 bits per heavy atom. The zero-order valence-corrected chi connectivity index (χ0v) is 58.5. The monoisotopic (exact) mass is 1170 g/mol. The Balaban J connectivity index is -0.000000291. The molecule has 19 nitrogen and oxygen atoms in total. The summed E-state index contributed by atoms with van der Waals surface area (Å²) in [6.07, 6.45) is 36.4. The van der Waals surface area contributed by atoms with Gasteiger partial charge in [-0.05, 0) is 46.3 Å². The summed E-state index contributed by atoms with van der Waals surface area (Å²) in [5.74, 6) is 4.14. The average molecular weight is 1180 g/mol. The number of imidazole rings is 4. The molecule has 0 radical (unpaired) electrons. The Morgan fingerprint density at radius 2 is 0.800 bits per heavy atom. The lowest BCUT2D eigenvalue weighted by atomic mass is 10.0. The first kappa shape index (κ1) is 85.4. The van der Waals surface area contributed by atoms with Gasteiger partial charge in [0.15, 0.2) is 25.3 Å². The zero-order valence-electron chi connectivity index (χ0n) is 58.5. The van der Waals surface area contributed by atoms with Crippen molar-refractivity contribution >= 4 is 6.21 Å². The average Bonchev–Trinajstić information content (AvgIpc) is 4.68. The van der Waals surface area contributed by atoms with Crippen LogP contribution in [0.1, 0.15) is 180 Å². The molecule has 0 bridgehead atoms. The van der Waals surface area contributed by atoms with Crippen LogP contribution in [0.5, 0.6) is 0 Å². The van der Waals surface area contributed by atoms with Gasteiger partial charge >= 0.3 is 17.7 Å². The number of hydrogen-bond donors (Lipinski definition) is 0. The lowest BCUT2D eigenvalue weighted by molar-refractivity contribution is -0.682. The number of aliphatic imine (C=N–C) groups is 1. The Hall–Kier alpha value is -8.35. The van der Waals surface area contributed by atoms with E-state index >= 15 is 0 Å². The van der Waals surface area contributed by atoms with Gasteiger partial charge in [-0.15, -0.1) is 4.98 Å². The quantitative estimate of drug-likeness (QED) is 0.152. The van der Waals surface area contributed by atoms with E-state index in [-0.39, 0.29) is 0 Å². The number of hydrogen-bond acceptors (Lipinski definition) is 10. The van der Waals surface area contributed by atoms with Gasteiger partial charge in [0.05, 0.1) is 90.2 Å². The van der Waals surface area contributed by atoms with E-state index in [1.54, 1.807) is 43.9 Å². The van der Waals surface area contributed by atoms with E-state index in [0.29, 0.717) is 5.92 Å². The standard InChI is InChI=1S/2C10H12N3.2C9H11N4.C8H10N5.10C2H6/c1-8-5-12-6-9(8)10-3-4-11-7-13(10)2;1-9-7-11-8-13(9)10-5-3-4-6-12(10)2;1-8-5-11-7-13(8)9-6-10-3-4-12(9)2;1-8-6-10-7-13(8)9-11-4-3-5-12(9)2;1-7-3-9-6-13(7)8-11-4-10-5-12(8)2;10*1-2/h3-7,9H,1-2H3;3-8H,1-2H3;2*3-7H,1-2H3;3-6H,1-2H3;10*1-2H3/q5*+1;;;;;;;;;;. The van der Waals surface area contributed by atoms with Crippen LogP contribution in [0.2, 0.25) is 0 Å². The number of allylic oxidation sites excluding steroid dienone is 1. The first-order valence-corrected chi connectivity index (χ1v) is 30.6. The summed E-state index contributed by atoms with van der Waals surface area (Å²) in [5.41, 5.74) is 6.88. The summed E-state index contributed by atoms with van der Waals surface area (Å²) in [5, 5.41) is 0. The second kappa shape index (κ2) is 56.1. The summed E-state index contributed by atoms with van der Waals surface area (Å²) in [6.45, 7) is 50.1. The molecule has 0 N–H and O–H groups in total. The first-order valence-electron chi connectivity index (χ1n) is 30.6. The second-order valence-electron chi connectivity index (χ2n) is 15.1. The van der Waals surface area contributed by atoms with Crippen LogP contribution < -0.4 is 22.8 Å². The van der Waals surface area contributed by atoms with Crippen molar-refractivity contribution in [1.29, 1.82) is 0 Å². The highest BCUT2D eigenvalue weighted by molar-refractivity contribution is 5.74. The molecular formula is C66H116N19+5. The fourth-order valence-corrected chi connectivity index (χ4v) is 6.53. The van der Waals surface area contributed by atoms with E-state index in [1.165, 1.54) is 17.6 Å². The van der Waals surface area contributed by atoms with Gasteiger partial charge < -0.3 is 0 Å². The lowest BCUT2D eigenvalue weighted by Crippen LogP contribution is -2.35. The third kappa shape index (κ3) is 30.2. The van der Waals surface area contributed by atoms with Crippen LogP contribution in [-0.4, -0.2) is 69.3 Å². The number of aryl methyl sites for hydroxylation is 9. The molecule has 10 rings (SSSR count). The van der Waals surface area contributed by atoms with Crippen LogP contribution in [0, 0.1) is 27.7 Å². The molecule has 9 aromatic heterocycles. The maximum Gasteiger partial charge on any atom is 0.404 e. The van der Waals surface area contributed by atoms with Crippen LogP contribution in [0.15, 0.2) is 160 Å². The van der Waals surface area contributed by atoms with Gasteiger partial charge in [-0.25, -0.2) is 47.3 Å². The molecule has 0 saturated heterocycles. The normalized spacial score (nSPS) is 10.1. The Bertz CT molecular complexity index is 2670. The summed E-state index contributed by atoms with van der Waals surface area (Å²) in [6, 6.07) is 10.0. The van der Waals surface area contributed by atoms with Crippen LogP contribution in [-0.2, 0) is 35.2 Å². The number of rotatable bonds is 5. The Kier molecular flexibility index (Phi) is 56.4. The molecule has 19 heteroatoms. The maximum absolute atomic E-state index is 4.27. The Labute approximate surface area is 515 Å². The van der Waals surface area contributed by atoms with Crippen LogP contribution >= 0.6 is 0 Å². The molecule has 0 fully saturated rings. The number of pyridine rings is 1. The van der Waals surface area contributed by atoms with Crippen molar-refractivity contribution < 1.29 is 22.8 Å². The Morgan fingerprint density at radius 3 is 1.20 bits per heavy atom. The highest BCUT2D eigenvalue weighted by Crippen LogP contribution is 2.22. The van der Waals surface area contributed by atoms with Crippen molar-refractivity contribution in [1.82, 2.24) is 63.1 Å². The van der Waals surface area contributed by atoms with Gasteiger partial charge in [0.1, 0.15) is 53.9 Å². The van der Waals surface area contributed by atoms with Crippen LogP contribution in [0.4, 0.5) is 0 Å². The summed E-state index contributed by atoms with van der Waals surface area (Å²) < 4.78 is 17.8. The van der Waals surface area contributed by atoms with Crippen molar-refractivity contribution in [3.8, 4) is 23.5 Å². The van der Waals surface area contributed by atoms with E-state index in [1.807, 2.05) is 332 Å². The van der Waals surface area contributed by atoms with Gasteiger partial charge in [-0.2, -0.15) is 13.7 Å². The zero-order chi connectivity index (χ0) is 66.3. The molecule has 470 valence electrons. The maximum atomic E-state index is 4.27. The third-order valence-corrected chi connectivity index (χ3v) is 10.2. The van der Waals surface area contributed by atoms with Gasteiger partial charge in [0.2, 0.25) is 6.33 Å². The van der Waals surface area contributed by atoms with Crippen LogP contribution in [0.25, 0.3) is 23.5 Å². The van der Waals surface area contributed by atoms with Crippen LogP contribution in [0.3, 0.4) is 0 Å². The highest BCUT2D eigenvalue weighted by atomic mass is 15.3. The molecule has 10 heterocycles. The fraction of sp³-hybridized carbons (Fsp3) is 0.470. The van der Waals surface area contributed by atoms with E-state index in [2.05, 4.69) is 72.0 Å². The number of aromatic nitrogens is 18. The molecule has 85 heavy (non-hydrogen) atoms. The minimum absolute atomic E-state index is 0.327. The molecule has 0 amide bonds. The smallest absolute Gasteiger partial charge is 0.268 e. The fourth-order valence-electron chi connectivity index (χ4n) is 6.53. The van der Waals surface area contributed by atoms with E-state index in [9.17, 15) is 0 Å². The van der Waals surface area contributed by atoms with E-state index in [4.69, 9.17) is 0 Å². The van der Waals surface area contributed by atoms with Crippen molar-refractivity contribution in [3.63, 3.8) is 0 Å². The van der Waals surface area contributed by atoms with Crippen molar-refractivity contribution in [3.05, 3.63) is 183 Å². The van der Waals surface area contributed by atoms with E-state index < -0.39 is 0 Å². The molecule has 1 aliphatic rings. The topological polar surface area (TPSA) is 167 Å². The minimum atomic E-state index is 0.327. The number of nitrogens with zero attached hydrogens (tertiary/aromatic N) is 19. The lowest BCUT2D eigenvalue weighted by Gasteiger charge is -2.07. The summed E-state index contributed by atoms with van der Waals surface area (Å²) in [7, 11) is 9.86. The van der Waals surface area contributed by atoms with Gasteiger partial charge in [0.25, 0.3) is 12.1 Å². The SMILES string of the molecule is CC.CC.CC.CC.CC.CC.CC.CC.CC.CC.CC1=CN=CC1c1ccnc[n+]1C.Cc1cncn1-c1cccc[n+]1C.Cc1cncn1-c1cncc[n+]1C.Cc1cncn1-c1nccc[n+]1C.Cc1cncn1-c1ncnc[n+]1C. The molecule has 1 atom stereocenters. The van der Waals surface area contributed by atoms with Gasteiger partial charge in [-0.3, -0.25) is 9.98 Å². The van der Waals surface area contributed by atoms with E-state index in [0.717, 1.165) is 46.3 Å². The third-order valence-electron chi connectivity index (χ3n) is 10.2. The molecule has 0 aromatic carbocycles. The van der Waals surface area contributed by atoms with Gasteiger partial charge in [-0.1, -0.05) is 159 Å². The van der Waals surface area contributed by atoms with Crippen molar-refractivity contribution in [2.24, 2.45) is 40.2 Å². The summed E-state index contributed by atoms with van der Waals surface area (Å²) in [4.78, 5) is 40.8. The molecule has 0 aliphatic carbocycles. The summed E-state index contributed by atoms with van der Waals surface area (Å²) >= 11 is 0. The van der Waals surface area contributed by atoms with Crippen molar-refractivity contribution in [2.75, 3.05) is 0 Å². The molecule has 1 unspecified atom stereocenters. The predicted molar refractivity (Wildman–Crippen MR) is 353 cm³/mol. The molecule has 9 aromatic rings. The van der Waals surface area contributed by atoms with Gasteiger partial charge in [0, 0.05) is 30.6 Å². The van der Waals surface area contributed by atoms with Crippen molar-refractivity contribution in [2.45, 2.75) is 179 Å².